The molecule has 0 amide bonds. The molecule has 0 aromatic rings. The third kappa shape index (κ3) is 2.66. The Balaban J connectivity index is 1.80. The van der Waals surface area contributed by atoms with Crippen LogP contribution in [-0.4, -0.2) is 18.9 Å². The molecule has 0 radical (unpaired) electrons. The van der Waals surface area contributed by atoms with E-state index in [0.717, 1.165) is 44.9 Å². The van der Waals surface area contributed by atoms with Crippen molar-refractivity contribution in [1.29, 1.82) is 0 Å². The smallest absolute Gasteiger partial charge is 0.312 e. The first kappa shape index (κ1) is 17.4. The van der Waals surface area contributed by atoms with Crippen LogP contribution in [0.15, 0.2) is 23.8 Å². The van der Waals surface area contributed by atoms with E-state index in [4.69, 9.17) is 4.74 Å². The van der Waals surface area contributed by atoms with Crippen molar-refractivity contribution in [3.63, 3.8) is 0 Å². The molecule has 0 unspecified atom stereocenters. The quantitative estimate of drug-likeness (QED) is 0.558. The van der Waals surface area contributed by atoms with Gasteiger partial charge in [0, 0.05) is 11.8 Å². The summed E-state index contributed by atoms with van der Waals surface area (Å²) in [5, 5.41) is 0. The molecule has 0 N–H and O–H groups in total. The summed E-state index contributed by atoms with van der Waals surface area (Å²) < 4.78 is 5.11. The van der Waals surface area contributed by atoms with Crippen LogP contribution in [0.25, 0.3) is 0 Å². The number of esters is 1. The van der Waals surface area contributed by atoms with E-state index < -0.39 is 5.41 Å². The zero-order valence-electron chi connectivity index (χ0n) is 15.3. The van der Waals surface area contributed by atoms with Gasteiger partial charge in [0.05, 0.1) is 12.5 Å². The molecule has 0 aliphatic heterocycles. The second-order valence-electron chi connectivity index (χ2n) is 8.47. The van der Waals surface area contributed by atoms with Crippen LogP contribution in [0.1, 0.15) is 65.2 Å². The molecule has 0 heterocycles. The third-order valence-electron chi connectivity index (χ3n) is 7.10. The molecule has 0 saturated heterocycles. The van der Waals surface area contributed by atoms with Crippen molar-refractivity contribution in [2.75, 3.05) is 7.11 Å². The van der Waals surface area contributed by atoms with E-state index in [1.54, 1.807) is 0 Å². The molecule has 3 rings (SSSR count). The number of rotatable bonds is 4. The van der Waals surface area contributed by atoms with Gasteiger partial charge in [0.25, 0.3) is 0 Å². The summed E-state index contributed by atoms with van der Waals surface area (Å²) in [6.45, 7) is 8.38. The predicted molar refractivity (Wildman–Crippen MR) is 94.4 cm³/mol. The first-order chi connectivity index (χ1) is 11.3. The molecule has 3 heteroatoms. The third-order valence-corrected chi connectivity index (χ3v) is 7.10. The van der Waals surface area contributed by atoms with E-state index >= 15 is 0 Å². The van der Waals surface area contributed by atoms with Gasteiger partial charge in [-0.3, -0.25) is 9.59 Å². The van der Waals surface area contributed by atoms with E-state index in [-0.39, 0.29) is 17.3 Å². The van der Waals surface area contributed by atoms with Crippen molar-refractivity contribution in [3.05, 3.63) is 23.8 Å². The normalized spacial score (nSPS) is 38.9. The number of fused-ring (bicyclic) bond motifs is 2. The lowest BCUT2D eigenvalue weighted by atomic mass is 9.62. The van der Waals surface area contributed by atoms with Gasteiger partial charge < -0.3 is 4.74 Å². The molecule has 4 atom stereocenters. The van der Waals surface area contributed by atoms with Crippen LogP contribution in [-0.2, 0) is 14.3 Å². The number of methoxy groups -OCH3 is 1. The average molecular weight is 330 g/mol. The number of Topliss-reactive ketones (excluding diaryl/α,β-unsaturated/α-hetero) is 1. The Morgan fingerprint density at radius 3 is 2.92 bits per heavy atom. The lowest BCUT2D eigenvalue weighted by Gasteiger charge is -2.41. The van der Waals surface area contributed by atoms with Crippen molar-refractivity contribution in [3.8, 4) is 0 Å². The molecule has 3 nitrogen and oxygen atoms in total. The number of ether oxygens (including phenoxy) is 1. The number of carbonyl (C=O) groups is 2. The van der Waals surface area contributed by atoms with Crippen molar-refractivity contribution in [1.82, 2.24) is 0 Å². The highest BCUT2D eigenvalue weighted by Crippen LogP contribution is 2.56. The first-order valence-electron chi connectivity index (χ1n) is 9.28. The van der Waals surface area contributed by atoms with Gasteiger partial charge in [0.15, 0.2) is 0 Å². The molecule has 132 valence electrons. The van der Waals surface area contributed by atoms with Gasteiger partial charge >= 0.3 is 5.97 Å². The van der Waals surface area contributed by atoms with E-state index in [1.807, 2.05) is 6.92 Å². The molecule has 24 heavy (non-hydrogen) atoms. The van der Waals surface area contributed by atoms with Crippen LogP contribution in [0.4, 0.5) is 0 Å². The molecule has 2 fully saturated rings. The maximum absolute atomic E-state index is 12.7. The number of allylic oxidation sites excluding steroid dienone is 3. The standard InChI is InChI=1S/C21H30O3/c1-14-6-5-10-20(3,19(23)24-4)17(14)9-11-21-12-15(2)16(13-21)7-8-18(21)22/h6,16-17H,2,5,7-13H2,1,3-4H3/t16-,17+,20-,21-/m1/s1. The van der Waals surface area contributed by atoms with Crippen LogP contribution >= 0.6 is 0 Å². The summed E-state index contributed by atoms with van der Waals surface area (Å²) in [7, 11) is 1.48. The maximum Gasteiger partial charge on any atom is 0.312 e. The van der Waals surface area contributed by atoms with Gasteiger partial charge in [-0.2, -0.15) is 0 Å². The van der Waals surface area contributed by atoms with E-state index in [2.05, 4.69) is 19.6 Å². The van der Waals surface area contributed by atoms with Crippen molar-refractivity contribution in [2.45, 2.75) is 65.2 Å². The predicted octanol–water partition coefficient (Wildman–Crippen LogP) is 4.62. The minimum Gasteiger partial charge on any atom is -0.469 e. The number of carbonyl (C=O) groups excluding carboxylic acids is 2. The van der Waals surface area contributed by atoms with Crippen molar-refractivity contribution >= 4 is 11.8 Å². The van der Waals surface area contributed by atoms with Crippen LogP contribution < -0.4 is 0 Å². The second-order valence-corrected chi connectivity index (χ2v) is 8.47. The van der Waals surface area contributed by atoms with Gasteiger partial charge in [-0.05, 0) is 70.6 Å². The summed E-state index contributed by atoms with van der Waals surface area (Å²) >= 11 is 0. The maximum atomic E-state index is 12.7. The molecule has 2 bridgehead atoms. The molecule has 0 aromatic carbocycles. The van der Waals surface area contributed by atoms with E-state index in [9.17, 15) is 9.59 Å². The zero-order valence-corrected chi connectivity index (χ0v) is 15.3. The lowest BCUT2D eigenvalue weighted by Crippen LogP contribution is -2.41. The monoisotopic (exact) mass is 330 g/mol. The largest absolute Gasteiger partial charge is 0.469 e. The average Bonchev–Trinajstić information content (AvgIpc) is 2.83. The number of hydrogen-bond acceptors (Lipinski definition) is 3. The van der Waals surface area contributed by atoms with Crippen LogP contribution in [0, 0.1) is 22.7 Å². The molecule has 3 aliphatic rings. The fraction of sp³-hybridized carbons (Fsp3) is 0.714. The van der Waals surface area contributed by atoms with Gasteiger partial charge in [-0.1, -0.05) is 23.8 Å². The summed E-state index contributed by atoms with van der Waals surface area (Å²) in [5.41, 5.74) is 1.89. The van der Waals surface area contributed by atoms with Crippen LogP contribution in [0.2, 0.25) is 0 Å². The highest BCUT2D eigenvalue weighted by Gasteiger charge is 2.51. The number of hydrogen-bond donors (Lipinski definition) is 0. The minimum atomic E-state index is -0.461. The van der Waals surface area contributed by atoms with E-state index in [1.165, 1.54) is 18.3 Å². The second kappa shape index (κ2) is 6.16. The summed E-state index contributed by atoms with van der Waals surface area (Å²) in [6.07, 6.45) is 9.32. The Morgan fingerprint density at radius 2 is 2.21 bits per heavy atom. The fourth-order valence-corrected chi connectivity index (χ4v) is 5.55. The van der Waals surface area contributed by atoms with Gasteiger partial charge in [-0.15, -0.1) is 0 Å². The molecule has 0 aromatic heterocycles. The molecular weight excluding hydrogens is 300 g/mol. The Bertz CT molecular complexity index is 602. The molecular formula is C21H30O3. The number of ketones is 1. The Labute approximate surface area is 145 Å². The SMILES string of the molecule is C=C1C[C@]2(CC[C@H]3C(C)=CCC[C@@]3(C)C(=O)OC)C[C@H]1CCC2=O. The zero-order chi connectivity index (χ0) is 17.5. The van der Waals surface area contributed by atoms with E-state index in [0.29, 0.717) is 18.1 Å². The van der Waals surface area contributed by atoms with Crippen LogP contribution in [0.5, 0.6) is 0 Å². The summed E-state index contributed by atoms with van der Waals surface area (Å²) in [4.78, 5) is 25.1. The highest BCUT2D eigenvalue weighted by atomic mass is 16.5. The Hall–Kier alpha value is -1.38. The first-order valence-corrected chi connectivity index (χ1v) is 9.28. The Morgan fingerprint density at radius 1 is 1.46 bits per heavy atom. The summed E-state index contributed by atoms with van der Waals surface area (Å²) in [5.74, 6) is 1.03. The fourth-order valence-electron chi connectivity index (χ4n) is 5.55. The molecule has 2 saturated carbocycles. The summed E-state index contributed by atoms with van der Waals surface area (Å²) in [6, 6.07) is 0. The Kier molecular flexibility index (Phi) is 4.48. The van der Waals surface area contributed by atoms with Crippen molar-refractivity contribution < 1.29 is 14.3 Å². The molecule has 0 spiro atoms. The van der Waals surface area contributed by atoms with Gasteiger partial charge in [0.2, 0.25) is 0 Å². The van der Waals surface area contributed by atoms with Gasteiger partial charge in [0.1, 0.15) is 5.78 Å². The lowest BCUT2D eigenvalue weighted by molar-refractivity contribution is -0.155. The van der Waals surface area contributed by atoms with Crippen LogP contribution in [0.3, 0.4) is 0 Å². The minimum absolute atomic E-state index is 0.110. The molecule has 3 aliphatic carbocycles. The van der Waals surface area contributed by atoms with Crippen molar-refractivity contribution in [2.24, 2.45) is 22.7 Å². The topological polar surface area (TPSA) is 43.4 Å². The van der Waals surface area contributed by atoms with Gasteiger partial charge in [-0.25, -0.2) is 0 Å². The highest BCUT2D eigenvalue weighted by molar-refractivity contribution is 5.87.